The van der Waals surface area contributed by atoms with Crippen LogP contribution in [0.1, 0.15) is 38.5 Å². The summed E-state index contributed by atoms with van der Waals surface area (Å²) in [7, 11) is 0. The molecule has 0 radical (unpaired) electrons. The van der Waals surface area contributed by atoms with Crippen molar-refractivity contribution >= 4 is 140 Å². The first-order valence-corrected chi connectivity index (χ1v) is 28.3. The number of aliphatic hydroxyl groups excluding tert-OH is 2. The van der Waals surface area contributed by atoms with Crippen molar-refractivity contribution in [2.24, 2.45) is 0 Å². The first-order valence-electron chi connectivity index (χ1n) is 15.4. The van der Waals surface area contributed by atoms with Crippen molar-refractivity contribution in [2.45, 2.75) is 38.5 Å². The summed E-state index contributed by atoms with van der Waals surface area (Å²) in [6.07, 6.45) is 4.09. The molecule has 0 fully saturated rings. The molecular weight excluding hydrogens is 817 g/mol. The van der Waals surface area contributed by atoms with Crippen molar-refractivity contribution in [2.75, 3.05) is 115 Å². The van der Waals surface area contributed by atoms with Crippen LogP contribution in [-0.2, 0) is 35.3 Å². The lowest BCUT2D eigenvalue weighted by Gasteiger charge is -2.10. The lowest BCUT2D eigenvalue weighted by Crippen LogP contribution is -2.13. The highest BCUT2D eigenvalue weighted by Gasteiger charge is 2.07. The van der Waals surface area contributed by atoms with Crippen LogP contribution in [0.5, 0.6) is 0 Å². The van der Waals surface area contributed by atoms with Crippen molar-refractivity contribution < 1.29 is 38.9 Å². The lowest BCUT2D eigenvalue weighted by atomic mass is 10.5. The molecular formula is C28H54O8S11. The SMILES string of the molecule is O=C(CCSCSCSCCC[S+]([O-])CCSCSCSCCSC(=O)CCSCSCSCCCOOCCCO)OCCCO. The minimum atomic E-state index is -0.732. The smallest absolute Gasteiger partial charge is 0.306 e. The van der Waals surface area contributed by atoms with Gasteiger partial charge in [0.05, 0.1) is 26.2 Å². The first-order chi connectivity index (χ1) is 23.1. The minimum absolute atomic E-state index is 0.0456. The standard InChI is InChI=1S/C28H54O8S11/c29-7-1-9-34-27(31)5-14-39-23-44-22-38-13-4-19-47(33)20-18-42-26-45-25-41-16-17-46-28(32)6-15-40-24-43-21-37-12-3-11-36-35-10-2-8-30/h29-30H,1-26H2. The molecule has 0 heterocycles. The third-order valence-corrected chi connectivity index (χ3v) is 19.0. The van der Waals surface area contributed by atoms with E-state index in [0.717, 1.165) is 95.1 Å². The van der Waals surface area contributed by atoms with Crippen molar-refractivity contribution in [3.8, 4) is 0 Å². The highest BCUT2D eigenvalue weighted by molar-refractivity contribution is 8.24. The second-order valence-corrected chi connectivity index (χ2v) is 23.7. The molecule has 0 bridgehead atoms. The van der Waals surface area contributed by atoms with Crippen LogP contribution in [0.2, 0.25) is 0 Å². The molecule has 0 spiro atoms. The third kappa shape index (κ3) is 43.1. The second kappa shape index (κ2) is 43.2. The fourth-order valence-corrected chi connectivity index (χ4v) is 15.9. The molecule has 280 valence electrons. The Bertz CT molecular complexity index is 678. The van der Waals surface area contributed by atoms with Gasteiger partial charge in [-0.05, 0) is 24.3 Å². The fourth-order valence-electron chi connectivity index (χ4n) is 2.77. The zero-order chi connectivity index (χ0) is 34.3. The van der Waals surface area contributed by atoms with Gasteiger partial charge < -0.3 is 19.5 Å². The van der Waals surface area contributed by atoms with Crippen LogP contribution < -0.4 is 0 Å². The summed E-state index contributed by atoms with van der Waals surface area (Å²) in [5.74, 6) is 7.90. The van der Waals surface area contributed by atoms with E-state index in [-0.39, 0.29) is 19.2 Å². The fraction of sp³-hybridized carbons (Fsp3) is 0.929. The molecule has 0 saturated carbocycles. The average molecular weight is 871 g/mol. The molecule has 19 heteroatoms. The number of carbonyl (C=O) groups is 2. The molecule has 0 aromatic heterocycles. The number of ether oxygens (including phenoxy) is 1. The van der Waals surface area contributed by atoms with Crippen LogP contribution in [0.4, 0.5) is 0 Å². The normalized spacial score (nSPS) is 12.1. The molecule has 1 atom stereocenters. The molecule has 0 aromatic rings. The Labute approximate surface area is 329 Å². The van der Waals surface area contributed by atoms with Gasteiger partial charge in [0.25, 0.3) is 0 Å². The molecule has 1 unspecified atom stereocenters. The molecule has 0 aliphatic heterocycles. The van der Waals surface area contributed by atoms with Crippen LogP contribution in [0.3, 0.4) is 0 Å². The number of rotatable bonds is 39. The Kier molecular flexibility index (Phi) is 45.8. The largest absolute Gasteiger partial charge is 0.616 e. The molecule has 0 aromatic carbocycles. The van der Waals surface area contributed by atoms with E-state index in [4.69, 9.17) is 24.7 Å². The van der Waals surface area contributed by atoms with Crippen LogP contribution >= 0.6 is 118 Å². The Morgan fingerprint density at radius 2 is 1.04 bits per heavy atom. The predicted molar refractivity (Wildman–Crippen MR) is 227 cm³/mol. The maximum atomic E-state index is 12.2. The summed E-state index contributed by atoms with van der Waals surface area (Å²) in [6.45, 7) is 1.49. The zero-order valence-corrected chi connectivity index (χ0v) is 36.2. The van der Waals surface area contributed by atoms with Gasteiger partial charge in [0.1, 0.15) is 11.5 Å². The van der Waals surface area contributed by atoms with E-state index in [9.17, 15) is 14.1 Å². The molecule has 0 aliphatic rings. The van der Waals surface area contributed by atoms with Gasteiger partial charge in [-0.3, -0.25) is 9.59 Å². The van der Waals surface area contributed by atoms with Crippen molar-refractivity contribution in [3.05, 3.63) is 0 Å². The Morgan fingerprint density at radius 1 is 0.532 bits per heavy atom. The van der Waals surface area contributed by atoms with Gasteiger partial charge in [-0.2, -0.15) is 58.8 Å². The summed E-state index contributed by atoms with van der Waals surface area (Å²) in [4.78, 5) is 33.5. The first kappa shape index (κ1) is 49.8. The van der Waals surface area contributed by atoms with E-state index >= 15 is 0 Å². The summed E-state index contributed by atoms with van der Waals surface area (Å²) < 4.78 is 17.2. The molecule has 0 rings (SSSR count). The highest BCUT2D eigenvalue weighted by atomic mass is 32.2. The van der Waals surface area contributed by atoms with Gasteiger partial charge in [-0.1, -0.05) is 22.9 Å². The van der Waals surface area contributed by atoms with Gasteiger partial charge in [-0.25, -0.2) is 9.78 Å². The average Bonchev–Trinajstić information content (AvgIpc) is 3.06. The Hall–Kier alpha value is 2.79. The molecule has 2 N–H and O–H groups in total. The van der Waals surface area contributed by atoms with E-state index in [1.54, 1.807) is 11.8 Å². The maximum absolute atomic E-state index is 12.2. The van der Waals surface area contributed by atoms with E-state index in [2.05, 4.69) is 0 Å². The molecule has 8 nitrogen and oxygen atoms in total. The summed E-state index contributed by atoms with van der Waals surface area (Å²) in [5, 5.41) is 23.7. The topological polar surface area (TPSA) is 125 Å². The quantitative estimate of drug-likeness (QED) is 0.0162. The van der Waals surface area contributed by atoms with E-state index < -0.39 is 11.2 Å². The molecule has 47 heavy (non-hydrogen) atoms. The van der Waals surface area contributed by atoms with Crippen molar-refractivity contribution in [1.82, 2.24) is 0 Å². The Balaban J connectivity index is 3.26. The van der Waals surface area contributed by atoms with Gasteiger partial charge in [-0.15, -0.1) is 47.0 Å². The third-order valence-electron chi connectivity index (χ3n) is 5.06. The van der Waals surface area contributed by atoms with Crippen molar-refractivity contribution in [1.29, 1.82) is 0 Å². The van der Waals surface area contributed by atoms with Crippen LogP contribution in [0.25, 0.3) is 0 Å². The minimum Gasteiger partial charge on any atom is -0.616 e. The van der Waals surface area contributed by atoms with Crippen LogP contribution in [0, 0.1) is 0 Å². The number of thioether (sulfide) groups is 10. The summed E-state index contributed by atoms with van der Waals surface area (Å²) in [5.41, 5.74) is 0. The van der Waals surface area contributed by atoms with Gasteiger partial charge in [0, 0.05) is 91.7 Å². The summed E-state index contributed by atoms with van der Waals surface area (Å²) >= 11 is 17.5. The monoisotopic (exact) mass is 870 g/mol. The van der Waals surface area contributed by atoms with E-state index in [1.165, 1.54) is 11.8 Å². The number of esters is 1. The zero-order valence-electron chi connectivity index (χ0n) is 27.2. The van der Waals surface area contributed by atoms with Gasteiger partial charge in [0.2, 0.25) is 0 Å². The van der Waals surface area contributed by atoms with E-state index in [0.29, 0.717) is 50.6 Å². The van der Waals surface area contributed by atoms with Gasteiger partial charge in [0.15, 0.2) is 5.12 Å². The second-order valence-electron chi connectivity index (χ2n) is 9.06. The number of hydrogen-bond donors (Lipinski definition) is 2. The number of hydrogen-bond acceptors (Lipinski definition) is 18. The molecule has 0 saturated heterocycles. The Morgan fingerprint density at radius 3 is 1.68 bits per heavy atom. The molecule has 0 aliphatic carbocycles. The summed E-state index contributed by atoms with van der Waals surface area (Å²) in [6, 6.07) is 0. The van der Waals surface area contributed by atoms with Crippen LogP contribution in [0.15, 0.2) is 0 Å². The maximum Gasteiger partial charge on any atom is 0.306 e. The predicted octanol–water partition coefficient (Wildman–Crippen LogP) is 7.16. The molecule has 0 amide bonds. The van der Waals surface area contributed by atoms with E-state index in [1.807, 2.05) is 94.1 Å². The van der Waals surface area contributed by atoms with Crippen molar-refractivity contribution in [3.63, 3.8) is 0 Å². The lowest BCUT2D eigenvalue weighted by molar-refractivity contribution is -0.295. The van der Waals surface area contributed by atoms with Gasteiger partial charge >= 0.3 is 5.97 Å². The highest BCUT2D eigenvalue weighted by Crippen LogP contribution is 2.22. The van der Waals surface area contributed by atoms with Crippen LogP contribution in [-0.4, -0.2) is 141 Å². The number of aliphatic hydroxyl groups is 2. The number of carbonyl (C=O) groups excluding carboxylic acids is 2.